The first-order chi connectivity index (χ1) is 17.3. The predicted molar refractivity (Wildman–Crippen MR) is 128 cm³/mol. The van der Waals surface area contributed by atoms with Gasteiger partial charge < -0.3 is 15.2 Å². The average molecular weight is 515 g/mol. The predicted octanol–water partition coefficient (Wildman–Crippen LogP) is 1.26. The first-order valence-corrected chi connectivity index (χ1v) is 12.7. The highest BCUT2D eigenvalue weighted by Gasteiger charge is 2.26. The molecule has 1 amide bonds. The molecule has 3 aromatic rings. The molecule has 4 N–H and O–H groups in total. The molecule has 13 heteroatoms. The molecule has 2 aromatic carbocycles. The maximum Gasteiger partial charge on any atom is 0.326 e. The lowest BCUT2D eigenvalue weighted by Crippen LogP contribution is -2.43. The van der Waals surface area contributed by atoms with Crippen LogP contribution in [0, 0.1) is 0 Å². The monoisotopic (exact) mass is 514 g/mol. The highest BCUT2D eigenvalue weighted by Crippen LogP contribution is 2.23. The molecule has 0 radical (unpaired) electrons. The molecule has 3 rings (SSSR count). The number of hydrogen-bond donors (Lipinski definition) is 4. The molecule has 0 spiro atoms. The quantitative estimate of drug-likeness (QED) is 0.182. The Balaban J connectivity index is 1.58. The van der Waals surface area contributed by atoms with Crippen molar-refractivity contribution in [1.82, 2.24) is 30.7 Å². The Labute approximate surface area is 207 Å². The second-order valence-electron chi connectivity index (χ2n) is 7.92. The number of hydrogen-bond acceptors (Lipinski definition) is 8. The zero-order valence-electron chi connectivity index (χ0n) is 19.2. The second kappa shape index (κ2) is 12.7. The molecule has 0 fully saturated rings. The summed E-state index contributed by atoms with van der Waals surface area (Å²) in [5.41, 5.74) is 1.20. The molecule has 36 heavy (non-hydrogen) atoms. The zero-order valence-corrected chi connectivity index (χ0v) is 20.0. The topological polar surface area (TPSA) is 184 Å². The number of aliphatic carboxylic acids is 1. The van der Waals surface area contributed by atoms with Crippen molar-refractivity contribution in [2.45, 2.75) is 42.5 Å². The molecule has 1 unspecified atom stereocenters. The van der Waals surface area contributed by atoms with Gasteiger partial charge in [-0.25, -0.2) is 17.9 Å². The van der Waals surface area contributed by atoms with Crippen LogP contribution in [0.15, 0.2) is 59.5 Å². The number of nitrogens with one attached hydrogen (secondary N) is 3. The summed E-state index contributed by atoms with van der Waals surface area (Å²) in [5.74, 6) is -2.17. The molecule has 0 saturated heterocycles. The van der Waals surface area contributed by atoms with E-state index in [1.54, 1.807) is 42.5 Å². The van der Waals surface area contributed by atoms with Gasteiger partial charge in [0.2, 0.25) is 21.8 Å². The van der Waals surface area contributed by atoms with Crippen molar-refractivity contribution in [1.29, 1.82) is 0 Å². The molecular weight excluding hydrogens is 488 g/mol. The Morgan fingerprint density at radius 2 is 1.86 bits per heavy atom. The van der Waals surface area contributed by atoms with Crippen LogP contribution in [-0.2, 0) is 24.4 Å². The van der Waals surface area contributed by atoms with E-state index in [9.17, 15) is 27.9 Å². The van der Waals surface area contributed by atoms with Gasteiger partial charge in [0.05, 0.1) is 10.8 Å². The number of carboxylic acids is 1. The van der Waals surface area contributed by atoms with Crippen molar-refractivity contribution in [3.63, 3.8) is 0 Å². The smallest absolute Gasteiger partial charge is 0.326 e. The van der Waals surface area contributed by atoms with E-state index in [0.29, 0.717) is 36.7 Å². The largest absolute Gasteiger partial charge is 0.480 e. The van der Waals surface area contributed by atoms with E-state index < -0.39 is 33.9 Å². The zero-order chi connectivity index (χ0) is 26.0. The first kappa shape index (κ1) is 26.6. The van der Waals surface area contributed by atoms with Gasteiger partial charge in [0.15, 0.2) is 0 Å². The lowest BCUT2D eigenvalue weighted by Gasteiger charge is -2.20. The third-order valence-electron chi connectivity index (χ3n) is 5.42. The minimum absolute atomic E-state index is 0.0567. The van der Waals surface area contributed by atoms with Gasteiger partial charge in [-0.3, -0.25) is 4.79 Å². The summed E-state index contributed by atoms with van der Waals surface area (Å²) in [6.45, 7) is 0.140. The van der Waals surface area contributed by atoms with Gasteiger partial charge in [-0.2, -0.15) is 5.21 Å². The van der Waals surface area contributed by atoms with Crippen LogP contribution in [0.25, 0.3) is 11.4 Å². The van der Waals surface area contributed by atoms with Gasteiger partial charge in [-0.05, 0) is 35.8 Å². The number of sulfonamides is 1. The average Bonchev–Trinajstić information content (AvgIpc) is 3.41. The van der Waals surface area contributed by atoms with Crippen LogP contribution >= 0.6 is 0 Å². The fraction of sp³-hybridized carbons (Fsp3) is 0.304. The van der Waals surface area contributed by atoms with Crippen LogP contribution < -0.4 is 10.0 Å². The van der Waals surface area contributed by atoms with Crippen molar-refractivity contribution in [2.75, 3.05) is 6.54 Å². The van der Waals surface area contributed by atoms with Crippen molar-refractivity contribution in [2.24, 2.45) is 0 Å². The number of carboxylic acid groups (broad SMARTS) is 1. The van der Waals surface area contributed by atoms with Crippen LogP contribution in [0.1, 0.15) is 37.2 Å². The van der Waals surface area contributed by atoms with E-state index >= 15 is 0 Å². The number of nitrogens with zero attached hydrogens (tertiary/aromatic N) is 3. The van der Waals surface area contributed by atoms with E-state index in [-0.39, 0.29) is 23.7 Å². The summed E-state index contributed by atoms with van der Waals surface area (Å²) in [4.78, 5) is 35.0. The van der Waals surface area contributed by atoms with E-state index in [0.717, 1.165) is 0 Å². The summed E-state index contributed by atoms with van der Waals surface area (Å²) in [6, 6.07) is 13.7. The number of aldehydes is 1. The van der Waals surface area contributed by atoms with Crippen LogP contribution in [-0.4, -0.2) is 64.9 Å². The lowest BCUT2D eigenvalue weighted by atomic mass is 9.92. The number of amides is 1. The number of aromatic amines is 1. The molecule has 190 valence electrons. The number of tetrazole rings is 1. The number of carbonyl (C=O) groups is 3. The number of rotatable bonds is 14. The van der Waals surface area contributed by atoms with Crippen molar-refractivity contribution in [3.8, 4) is 11.4 Å². The Morgan fingerprint density at radius 3 is 2.53 bits per heavy atom. The maximum absolute atomic E-state index is 12.9. The SMILES string of the molecule is O=CC[C@H](NC(=O)C(CCCCNS(=O)(=O)c1cccc(-c2nn[nH]n2)c1)c1ccccc1)C(=O)O. The summed E-state index contributed by atoms with van der Waals surface area (Å²) in [5, 5.41) is 25.1. The molecular formula is C23H26N6O6S. The molecule has 1 aromatic heterocycles. The van der Waals surface area contributed by atoms with Crippen LogP contribution in [0.2, 0.25) is 0 Å². The Bertz CT molecular complexity index is 1270. The van der Waals surface area contributed by atoms with E-state index in [4.69, 9.17) is 0 Å². The normalized spacial score (nSPS) is 13.0. The third kappa shape index (κ3) is 7.26. The maximum atomic E-state index is 12.9. The van der Waals surface area contributed by atoms with Gasteiger partial charge >= 0.3 is 5.97 Å². The summed E-state index contributed by atoms with van der Waals surface area (Å²) in [6.07, 6.45) is 1.40. The van der Waals surface area contributed by atoms with Gasteiger partial charge in [-0.15, -0.1) is 10.2 Å². The summed E-state index contributed by atoms with van der Waals surface area (Å²) < 4.78 is 28.0. The number of H-pyrrole nitrogens is 1. The standard InChI is InChI=1S/C23H26N6O6S/c30-14-12-20(23(32)33)25-22(31)19(16-7-2-1-3-8-16)11-4-5-13-24-36(34,35)18-10-6-9-17(15-18)21-26-28-29-27-21/h1-3,6-10,14-15,19-20,24H,4-5,11-13H2,(H,25,31)(H,32,33)(H,26,27,28,29)/t19?,20-/m0/s1. The number of aromatic nitrogens is 4. The number of benzene rings is 2. The molecule has 0 aliphatic rings. The lowest BCUT2D eigenvalue weighted by molar-refractivity contribution is -0.142. The number of carbonyl (C=O) groups excluding carboxylic acids is 2. The Hall–Kier alpha value is -3.97. The van der Waals surface area contributed by atoms with Crippen LogP contribution in [0.3, 0.4) is 0 Å². The molecule has 0 aliphatic carbocycles. The second-order valence-corrected chi connectivity index (χ2v) is 9.69. The summed E-state index contributed by atoms with van der Waals surface area (Å²) >= 11 is 0. The van der Waals surface area contributed by atoms with Crippen molar-refractivity contribution >= 4 is 28.2 Å². The van der Waals surface area contributed by atoms with E-state index in [1.807, 2.05) is 0 Å². The molecule has 0 saturated carbocycles. The Morgan fingerprint density at radius 1 is 1.08 bits per heavy atom. The van der Waals surface area contributed by atoms with Crippen LogP contribution in [0.5, 0.6) is 0 Å². The highest BCUT2D eigenvalue weighted by atomic mass is 32.2. The van der Waals surface area contributed by atoms with Gasteiger partial charge in [-0.1, -0.05) is 48.9 Å². The fourth-order valence-electron chi connectivity index (χ4n) is 3.57. The minimum Gasteiger partial charge on any atom is -0.480 e. The van der Waals surface area contributed by atoms with Crippen molar-refractivity contribution in [3.05, 3.63) is 60.2 Å². The number of unbranched alkanes of at least 4 members (excludes halogenated alkanes) is 1. The molecule has 2 atom stereocenters. The third-order valence-corrected chi connectivity index (χ3v) is 6.88. The summed E-state index contributed by atoms with van der Waals surface area (Å²) in [7, 11) is -3.79. The molecule has 0 bridgehead atoms. The fourth-order valence-corrected chi connectivity index (χ4v) is 4.69. The van der Waals surface area contributed by atoms with Crippen molar-refractivity contribution < 1.29 is 27.9 Å². The van der Waals surface area contributed by atoms with E-state index in [2.05, 4.69) is 30.7 Å². The Kier molecular flexibility index (Phi) is 9.36. The minimum atomic E-state index is -3.79. The van der Waals surface area contributed by atoms with Gasteiger partial charge in [0, 0.05) is 18.5 Å². The van der Waals surface area contributed by atoms with E-state index in [1.165, 1.54) is 12.1 Å². The van der Waals surface area contributed by atoms with Gasteiger partial charge in [0.25, 0.3) is 0 Å². The molecule has 1 heterocycles. The molecule has 0 aliphatic heterocycles. The van der Waals surface area contributed by atoms with Crippen LogP contribution in [0.4, 0.5) is 0 Å². The molecule has 12 nitrogen and oxygen atoms in total. The van der Waals surface area contributed by atoms with Gasteiger partial charge in [0.1, 0.15) is 12.3 Å². The highest BCUT2D eigenvalue weighted by molar-refractivity contribution is 7.89. The first-order valence-electron chi connectivity index (χ1n) is 11.2.